The van der Waals surface area contributed by atoms with E-state index in [4.69, 9.17) is 4.74 Å². The first kappa shape index (κ1) is 19.9. The number of H-pyrrole nitrogens is 1. The molecule has 2 aliphatic rings. The van der Waals surface area contributed by atoms with Gasteiger partial charge in [0.15, 0.2) is 11.5 Å². The lowest BCUT2D eigenvalue weighted by molar-refractivity contribution is -0.122. The number of benzene rings is 2. The van der Waals surface area contributed by atoms with Gasteiger partial charge in [0.1, 0.15) is 5.25 Å². The summed E-state index contributed by atoms with van der Waals surface area (Å²) in [6.07, 6.45) is 0. The molecule has 1 aromatic heterocycles. The molecule has 0 radical (unpaired) electrons. The number of nitrogens with zero attached hydrogens (tertiary/aromatic N) is 1. The molecule has 2 aliphatic heterocycles. The molecule has 1 fully saturated rings. The number of nitrogens with one attached hydrogen (secondary N) is 1. The number of imide groups is 1. The molecule has 2 N–H and O–H groups in total. The van der Waals surface area contributed by atoms with Crippen LogP contribution in [0.5, 0.6) is 11.5 Å². The van der Waals surface area contributed by atoms with Crippen LogP contribution in [0.15, 0.2) is 52.3 Å². The number of anilines is 1. The SMILES string of the molecule is COc1cc([C@@H]2c3sc(=O)[nH]c3S[C@@H]3C(=O)N(c4ccc(C)cc4)C(=O)[C@@H]23)ccc1O. The highest BCUT2D eigenvalue weighted by Gasteiger charge is 2.56. The highest BCUT2D eigenvalue weighted by atomic mass is 32.2. The lowest BCUT2D eigenvalue weighted by Crippen LogP contribution is -2.32. The van der Waals surface area contributed by atoms with Gasteiger partial charge in [0.2, 0.25) is 11.8 Å². The highest BCUT2D eigenvalue weighted by Crippen LogP contribution is 2.53. The van der Waals surface area contributed by atoms with Crippen LogP contribution in [0.25, 0.3) is 0 Å². The van der Waals surface area contributed by atoms with Gasteiger partial charge in [-0.15, -0.1) is 0 Å². The first-order valence-corrected chi connectivity index (χ1v) is 11.3. The van der Waals surface area contributed by atoms with Crippen molar-refractivity contribution in [1.29, 1.82) is 0 Å². The van der Waals surface area contributed by atoms with Crippen molar-refractivity contribution in [3.05, 3.63) is 68.1 Å². The molecule has 0 saturated carbocycles. The number of aryl methyl sites for hydroxylation is 1. The van der Waals surface area contributed by atoms with Crippen molar-refractivity contribution < 1.29 is 19.4 Å². The molecule has 1 saturated heterocycles. The predicted molar refractivity (Wildman–Crippen MR) is 118 cm³/mol. The maximum atomic E-state index is 13.6. The number of amides is 2. The van der Waals surface area contributed by atoms with Crippen LogP contribution in [0, 0.1) is 12.8 Å². The van der Waals surface area contributed by atoms with Crippen molar-refractivity contribution in [2.45, 2.75) is 23.1 Å². The Kier molecular flexibility index (Phi) is 4.67. The number of carbonyl (C=O) groups is 2. The maximum absolute atomic E-state index is 13.6. The first-order valence-electron chi connectivity index (χ1n) is 9.60. The Bertz CT molecular complexity index is 1260. The Morgan fingerprint density at radius 3 is 2.52 bits per heavy atom. The number of aromatic nitrogens is 1. The number of aromatic amines is 1. The zero-order valence-electron chi connectivity index (χ0n) is 16.6. The number of fused-ring (bicyclic) bond motifs is 2. The van der Waals surface area contributed by atoms with Gasteiger partial charge in [-0.3, -0.25) is 14.4 Å². The standard InChI is InChI=1S/C22H18N2O5S2/c1-10-3-6-12(7-4-10)24-20(26)16-15(11-5-8-13(25)14(9-11)29-2)17-19(23-22(28)31-17)30-18(16)21(24)27/h3-9,15-16,18,25H,1-2H3,(H,23,28)/t15-,16-,18-/m0/s1. The largest absolute Gasteiger partial charge is 0.504 e. The third-order valence-corrected chi connectivity index (χ3v) is 8.08. The minimum absolute atomic E-state index is 0.0226. The Labute approximate surface area is 185 Å². The summed E-state index contributed by atoms with van der Waals surface area (Å²) < 4.78 is 5.25. The molecule has 3 atom stereocenters. The fourth-order valence-corrected chi connectivity index (χ4v) is 6.73. The molecule has 3 heterocycles. The number of methoxy groups -OCH3 is 1. The average Bonchev–Trinajstić information content (AvgIpc) is 3.24. The molecule has 0 unspecified atom stereocenters. The fraction of sp³-hybridized carbons (Fsp3) is 0.227. The topological polar surface area (TPSA) is 99.7 Å². The van der Waals surface area contributed by atoms with E-state index in [2.05, 4.69) is 4.98 Å². The van der Waals surface area contributed by atoms with E-state index in [1.54, 1.807) is 24.3 Å². The summed E-state index contributed by atoms with van der Waals surface area (Å²) in [5.41, 5.74) is 2.27. The number of rotatable bonds is 3. The van der Waals surface area contributed by atoms with Gasteiger partial charge in [0.25, 0.3) is 0 Å². The van der Waals surface area contributed by atoms with E-state index in [9.17, 15) is 19.5 Å². The monoisotopic (exact) mass is 454 g/mol. The normalized spacial score (nSPS) is 22.4. The van der Waals surface area contributed by atoms with E-state index >= 15 is 0 Å². The third-order valence-electron chi connectivity index (χ3n) is 5.68. The molecule has 0 spiro atoms. The quantitative estimate of drug-likeness (QED) is 0.590. The Morgan fingerprint density at radius 2 is 1.81 bits per heavy atom. The number of aromatic hydroxyl groups is 1. The maximum Gasteiger partial charge on any atom is 0.305 e. The molecule has 3 aromatic rings. The molecule has 31 heavy (non-hydrogen) atoms. The minimum atomic E-state index is -0.674. The summed E-state index contributed by atoms with van der Waals surface area (Å²) in [6.45, 7) is 1.94. The van der Waals surface area contributed by atoms with Crippen molar-refractivity contribution in [1.82, 2.24) is 4.98 Å². The van der Waals surface area contributed by atoms with Gasteiger partial charge < -0.3 is 14.8 Å². The van der Waals surface area contributed by atoms with Crippen LogP contribution in [-0.4, -0.2) is 34.3 Å². The van der Waals surface area contributed by atoms with Gasteiger partial charge in [-0.1, -0.05) is 46.9 Å². The minimum Gasteiger partial charge on any atom is -0.504 e. The lowest BCUT2D eigenvalue weighted by Gasteiger charge is -2.30. The van der Waals surface area contributed by atoms with Crippen molar-refractivity contribution in [3.8, 4) is 11.5 Å². The number of ether oxygens (including phenoxy) is 1. The van der Waals surface area contributed by atoms with Crippen LogP contribution in [0.2, 0.25) is 0 Å². The van der Waals surface area contributed by atoms with Crippen molar-refractivity contribution in [2.24, 2.45) is 5.92 Å². The Morgan fingerprint density at radius 1 is 1.06 bits per heavy atom. The van der Waals surface area contributed by atoms with E-state index in [0.717, 1.165) is 21.8 Å². The fourth-order valence-electron chi connectivity index (χ4n) is 4.21. The number of thioether (sulfide) groups is 1. The van der Waals surface area contributed by atoms with Crippen LogP contribution in [0.4, 0.5) is 5.69 Å². The summed E-state index contributed by atoms with van der Waals surface area (Å²) in [5, 5.41) is 9.97. The second-order valence-electron chi connectivity index (χ2n) is 7.53. The Balaban J connectivity index is 1.66. The third kappa shape index (κ3) is 3.07. The molecule has 2 aromatic carbocycles. The Hall–Kier alpha value is -3.04. The molecular formula is C22H18N2O5S2. The summed E-state index contributed by atoms with van der Waals surface area (Å²) in [5.74, 6) is -1.53. The van der Waals surface area contributed by atoms with E-state index in [-0.39, 0.29) is 28.2 Å². The van der Waals surface area contributed by atoms with E-state index in [1.807, 2.05) is 19.1 Å². The molecule has 5 rings (SSSR count). The van der Waals surface area contributed by atoms with Crippen LogP contribution < -0.4 is 14.5 Å². The molecule has 7 nitrogen and oxygen atoms in total. The average molecular weight is 455 g/mol. The van der Waals surface area contributed by atoms with Gasteiger partial charge in [-0.2, -0.15) is 0 Å². The second kappa shape index (κ2) is 7.28. The number of phenols is 1. The molecule has 2 amide bonds. The molecule has 0 bridgehead atoms. The van der Waals surface area contributed by atoms with E-state index < -0.39 is 17.1 Å². The van der Waals surface area contributed by atoms with Gasteiger partial charge in [0, 0.05) is 10.8 Å². The number of thiazole rings is 1. The molecule has 9 heteroatoms. The summed E-state index contributed by atoms with van der Waals surface area (Å²) in [4.78, 5) is 43.6. The van der Waals surface area contributed by atoms with Crippen LogP contribution >= 0.6 is 23.1 Å². The number of carbonyl (C=O) groups excluding carboxylic acids is 2. The van der Waals surface area contributed by atoms with Crippen molar-refractivity contribution >= 4 is 40.6 Å². The van der Waals surface area contributed by atoms with Gasteiger partial charge >= 0.3 is 4.87 Å². The first-order chi connectivity index (χ1) is 14.9. The predicted octanol–water partition coefficient (Wildman–Crippen LogP) is 3.25. The van der Waals surface area contributed by atoms with Gasteiger partial charge in [-0.25, -0.2) is 4.90 Å². The number of hydrogen-bond donors (Lipinski definition) is 2. The van der Waals surface area contributed by atoms with Crippen molar-refractivity contribution in [2.75, 3.05) is 12.0 Å². The summed E-state index contributed by atoms with van der Waals surface area (Å²) >= 11 is 2.28. The molecule has 158 valence electrons. The van der Waals surface area contributed by atoms with Crippen LogP contribution in [0.1, 0.15) is 21.9 Å². The molecular weight excluding hydrogens is 436 g/mol. The second-order valence-corrected chi connectivity index (χ2v) is 9.70. The molecule has 0 aliphatic carbocycles. The smallest absolute Gasteiger partial charge is 0.305 e. The zero-order chi connectivity index (χ0) is 21.9. The van der Waals surface area contributed by atoms with Crippen LogP contribution in [0.3, 0.4) is 0 Å². The van der Waals surface area contributed by atoms with Gasteiger partial charge in [-0.05, 0) is 36.8 Å². The zero-order valence-corrected chi connectivity index (χ0v) is 18.3. The number of hydrogen-bond acceptors (Lipinski definition) is 7. The lowest BCUT2D eigenvalue weighted by atomic mass is 9.83. The van der Waals surface area contributed by atoms with Crippen LogP contribution in [-0.2, 0) is 9.59 Å². The highest BCUT2D eigenvalue weighted by molar-refractivity contribution is 8.00. The van der Waals surface area contributed by atoms with Gasteiger partial charge in [0.05, 0.1) is 23.7 Å². The summed E-state index contributed by atoms with van der Waals surface area (Å²) in [7, 11) is 1.45. The summed E-state index contributed by atoms with van der Waals surface area (Å²) in [6, 6.07) is 12.1. The van der Waals surface area contributed by atoms with Crippen molar-refractivity contribution in [3.63, 3.8) is 0 Å². The van der Waals surface area contributed by atoms with E-state index in [0.29, 0.717) is 16.3 Å². The number of phenolic OH excluding ortho intramolecular Hbond substituents is 1. The van der Waals surface area contributed by atoms with E-state index in [1.165, 1.54) is 29.8 Å².